The van der Waals surface area contributed by atoms with Gasteiger partial charge in [-0.3, -0.25) is 0 Å². The molecule has 0 saturated heterocycles. The van der Waals surface area contributed by atoms with Crippen LogP contribution in [0, 0.1) is 0 Å². The van der Waals surface area contributed by atoms with Crippen LogP contribution in [0.2, 0.25) is 0 Å². The second-order valence-corrected chi connectivity index (χ2v) is 6.55. The zero-order chi connectivity index (χ0) is 19.8. The molecule has 0 unspecified atom stereocenters. The predicted octanol–water partition coefficient (Wildman–Crippen LogP) is 4.90. The van der Waals surface area contributed by atoms with Crippen molar-refractivity contribution in [3.8, 4) is 11.5 Å². The zero-order valence-corrected chi connectivity index (χ0v) is 16.4. The van der Waals surface area contributed by atoms with Crippen LogP contribution >= 0.6 is 15.9 Å². The number of para-hydroxylation sites is 1. The summed E-state index contributed by atoms with van der Waals surface area (Å²) in [6, 6.07) is 22.5. The number of esters is 2. The largest absolute Gasteiger partial charge is 0.490 e. The fourth-order valence-corrected chi connectivity index (χ4v) is 2.79. The molecule has 0 bridgehead atoms. The number of ether oxygens (including phenoxy) is 3. The minimum atomic E-state index is -0.485. The Labute approximate surface area is 171 Å². The molecule has 0 N–H and O–H groups in total. The average Bonchev–Trinajstić information content (AvgIpc) is 2.72. The summed E-state index contributed by atoms with van der Waals surface area (Å²) in [5.41, 5.74) is 0.782. The molecule has 0 saturated carbocycles. The van der Waals surface area contributed by atoms with Crippen molar-refractivity contribution in [2.24, 2.45) is 0 Å². The summed E-state index contributed by atoms with van der Waals surface area (Å²) < 4.78 is 16.6. The fourth-order valence-electron chi connectivity index (χ4n) is 2.34. The maximum absolute atomic E-state index is 12.2. The van der Waals surface area contributed by atoms with E-state index in [1.165, 1.54) is 0 Å². The van der Waals surface area contributed by atoms with E-state index < -0.39 is 11.9 Å². The van der Waals surface area contributed by atoms with Crippen LogP contribution in [0.4, 0.5) is 0 Å². The molecule has 0 aromatic heterocycles. The average molecular weight is 441 g/mol. The molecule has 0 amide bonds. The minimum absolute atomic E-state index is 0.131. The highest BCUT2D eigenvalue weighted by Gasteiger charge is 2.13. The van der Waals surface area contributed by atoms with Gasteiger partial charge in [-0.05, 0) is 64.5 Å². The molecule has 3 aromatic rings. The molecule has 0 atom stereocenters. The lowest BCUT2D eigenvalue weighted by atomic mass is 10.2. The van der Waals surface area contributed by atoms with Crippen molar-refractivity contribution in [3.05, 3.63) is 94.5 Å². The number of halogens is 1. The third-order valence-electron chi connectivity index (χ3n) is 3.72. The van der Waals surface area contributed by atoms with E-state index in [-0.39, 0.29) is 13.2 Å². The molecule has 28 heavy (non-hydrogen) atoms. The lowest BCUT2D eigenvalue weighted by Gasteiger charge is -2.08. The van der Waals surface area contributed by atoms with Crippen molar-refractivity contribution >= 4 is 27.9 Å². The Hall–Kier alpha value is -3.12. The first-order valence-electron chi connectivity index (χ1n) is 8.55. The third-order valence-corrected chi connectivity index (χ3v) is 4.41. The van der Waals surface area contributed by atoms with Gasteiger partial charge in [-0.25, -0.2) is 9.59 Å². The van der Waals surface area contributed by atoms with Gasteiger partial charge >= 0.3 is 11.9 Å². The molecular weight excluding hydrogens is 424 g/mol. The maximum Gasteiger partial charge on any atom is 0.344 e. The van der Waals surface area contributed by atoms with Gasteiger partial charge in [-0.1, -0.05) is 30.3 Å². The summed E-state index contributed by atoms with van der Waals surface area (Å²) in [6.45, 7) is 0.393. The minimum Gasteiger partial charge on any atom is -0.490 e. The second-order valence-electron chi connectivity index (χ2n) is 5.69. The van der Waals surface area contributed by atoms with Gasteiger partial charge in [0.05, 0.1) is 11.1 Å². The second kappa shape index (κ2) is 9.71. The molecular formula is C22H17BrO5. The molecule has 142 valence electrons. The lowest BCUT2D eigenvalue weighted by molar-refractivity contribution is 0.0450. The quantitative estimate of drug-likeness (QED) is 0.297. The monoisotopic (exact) mass is 440 g/mol. The van der Waals surface area contributed by atoms with Crippen molar-refractivity contribution in [2.45, 2.75) is 0 Å². The van der Waals surface area contributed by atoms with Gasteiger partial charge < -0.3 is 14.2 Å². The number of hydrogen-bond acceptors (Lipinski definition) is 5. The highest BCUT2D eigenvalue weighted by Crippen LogP contribution is 2.20. The van der Waals surface area contributed by atoms with E-state index in [9.17, 15) is 9.59 Å². The number of rotatable bonds is 7. The van der Waals surface area contributed by atoms with Crippen LogP contribution in [0.25, 0.3) is 0 Å². The van der Waals surface area contributed by atoms with Crippen molar-refractivity contribution in [1.82, 2.24) is 0 Å². The molecule has 3 rings (SSSR count). The van der Waals surface area contributed by atoms with Crippen LogP contribution in [0.15, 0.2) is 83.3 Å². The summed E-state index contributed by atoms with van der Waals surface area (Å²) >= 11 is 3.31. The number of carbonyl (C=O) groups excluding carboxylic acids is 2. The SMILES string of the molecule is O=C(OCCOc1ccccc1)c1ccc(OC(=O)c2ccccc2Br)cc1. The highest BCUT2D eigenvalue weighted by molar-refractivity contribution is 9.10. The van der Waals surface area contributed by atoms with E-state index in [4.69, 9.17) is 14.2 Å². The Bertz CT molecular complexity index is 939. The predicted molar refractivity (Wildman–Crippen MR) is 108 cm³/mol. The molecule has 0 radical (unpaired) electrons. The molecule has 6 heteroatoms. The van der Waals surface area contributed by atoms with Crippen LogP contribution in [-0.2, 0) is 4.74 Å². The van der Waals surface area contributed by atoms with Gasteiger partial charge in [0.15, 0.2) is 0 Å². The van der Waals surface area contributed by atoms with Gasteiger partial charge in [0, 0.05) is 4.47 Å². The Morgan fingerprint density at radius 3 is 2.11 bits per heavy atom. The van der Waals surface area contributed by atoms with Crippen molar-refractivity contribution in [2.75, 3.05) is 13.2 Å². The van der Waals surface area contributed by atoms with E-state index in [0.717, 1.165) is 5.75 Å². The standard InChI is InChI=1S/C22H17BrO5/c23-20-9-5-4-8-19(20)22(25)28-18-12-10-16(11-13-18)21(24)27-15-14-26-17-6-2-1-3-7-17/h1-13H,14-15H2. The van der Waals surface area contributed by atoms with Crippen LogP contribution in [0.3, 0.4) is 0 Å². The smallest absolute Gasteiger partial charge is 0.344 e. The molecule has 0 aliphatic rings. The number of carbonyl (C=O) groups is 2. The number of benzene rings is 3. The van der Waals surface area contributed by atoms with Crippen LogP contribution in [0.1, 0.15) is 20.7 Å². The van der Waals surface area contributed by atoms with Crippen molar-refractivity contribution in [1.29, 1.82) is 0 Å². The number of hydrogen-bond donors (Lipinski definition) is 0. The molecule has 0 spiro atoms. The first-order valence-corrected chi connectivity index (χ1v) is 9.34. The topological polar surface area (TPSA) is 61.8 Å². The van der Waals surface area contributed by atoms with Crippen LogP contribution in [-0.4, -0.2) is 25.2 Å². The van der Waals surface area contributed by atoms with Crippen LogP contribution in [0.5, 0.6) is 11.5 Å². The molecule has 0 aliphatic carbocycles. The van der Waals surface area contributed by atoms with Gasteiger partial charge in [0.1, 0.15) is 24.7 Å². The first kappa shape index (κ1) is 19.6. The highest BCUT2D eigenvalue weighted by atomic mass is 79.9. The van der Waals surface area contributed by atoms with Gasteiger partial charge in [-0.2, -0.15) is 0 Å². The summed E-state index contributed by atoms with van der Waals surface area (Å²) in [6.07, 6.45) is 0. The third kappa shape index (κ3) is 5.44. The van der Waals surface area contributed by atoms with E-state index in [0.29, 0.717) is 21.3 Å². The van der Waals surface area contributed by atoms with Gasteiger partial charge in [0.25, 0.3) is 0 Å². The van der Waals surface area contributed by atoms with E-state index in [1.807, 2.05) is 36.4 Å². The summed E-state index contributed by atoms with van der Waals surface area (Å²) in [5.74, 6) is 0.0979. The Morgan fingerprint density at radius 2 is 1.39 bits per heavy atom. The van der Waals surface area contributed by atoms with Crippen LogP contribution < -0.4 is 9.47 Å². The summed E-state index contributed by atoms with van der Waals surface area (Å²) in [5, 5.41) is 0. The molecule has 0 aliphatic heterocycles. The molecule has 0 heterocycles. The van der Waals surface area contributed by atoms with Crippen molar-refractivity contribution < 1.29 is 23.8 Å². The normalized spacial score (nSPS) is 10.2. The Balaban J connectivity index is 1.48. The summed E-state index contributed by atoms with van der Waals surface area (Å²) in [4.78, 5) is 24.3. The van der Waals surface area contributed by atoms with Gasteiger partial charge in [0.2, 0.25) is 0 Å². The van der Waals surface area contributed by atoms with Crippen molar-refractivity contribution in [3.63, 3.8) is 0 Å². The fraction of sp³-hybridized carbons (Fsp3) is 0.0909. The van der Waals surface area contributed by atoms with E-state index in [2.05, 4.69) is 15.9 Å². The zero-order valence-electron chi connectivity index (χ0n) is 14.8. The van der Waals surface area contributed by atoms with Gasteiger partial charge in [-0.15, -0.1) is 0 Å². The lowest BCUT2D eigenvalue weighted by Crippen LogP contribution is -2.12. The summed E-state index contributed by atoms with van der Waals surface area (Å²) in [7, 11) is 0. The maximum atomic E-state index is 12.2. The molecule has 5 nitrogen and oxygen atoms in total. The molecule has 3 aromatic carbocycles. The van der Waals surface area contributed by atoms with E-state index in [1.54, 1.807) is 42.5 Å². The first-order chi connectivity index (χ1) is 13.6. The molecule has 0 fully saturated rings. The Kier molecular flexibility index (Phi) is 6.81. The van der Waals surface area contributed by atoms with E-state index >= 15 is 0 Å². The Morgan fingerprint density at radius 1 is 0.714 bits per heavy atom.